The predicted octanol–water partition coefficient (Wildman–Crippen LogP) is 3.99. The van der Waals surface area contributed by atoms with E-state index in [0.29, 0.717) is 13.2 Å². The Morgan fingerprint density at radius 1 is 1.15 bits per heavy atom. The number of aromatic nitrogens is 1. The molecule has 0 unspecified atom stereocenters. The van der Waals surface area contributed by atoms with Gasteiger partial charge in [0.1, 0.15) is 17.4 Å². The fourth-order valence-corrected chi connectivity index (χ4v) is 2.91. The lowest BCUT2D eigenvalue weighted by Gasteiger charge is -2.09. The van der Waals surface area contributed by atoms with Crippen molar-refractivity contribution in [2.45, 2.75) is 13.2 Å². The maximum absolute atomic E-state index is 6.19. The molecule has 0 aliphatic carbocycles. The van der Waals surface area contributed by atoms with Gasteiger partial charge >= 0.3 is 0 Å². The minimum absolute atomic E-state index is 0.433. The molecule has 3 rings (SSSR count). The van der Waals surface area contributed by atoms with E-state index in [4.69, 9.17) is 22.1 Å². The zero-order valence-electron chi connectivity index (χ0n) is 10.7. The van der Waals surface area contributed by atoms with E-state index in [1.807, 2.05) is 41.8 Å². The number of nitrogens with two attached hydrogens (primary N) is 1. The number of benzene rings is 2. The average molecular weight is 305 g/mol. The van der Waals surface area contributed by atoms with Crippen LogP contribution in [0.1, 0.15) is 10.7 Å². The summed E-state index contributed by atoms with van der Waals surface area (Å²) in [6, 6.07) is 11.7. The van der Waals surface area contributed by atoms with Crippen molar-refractivity contribution in [2.75, 3.05) is 0 Å². The highest BCUT2D eigenvalue weighted by Gasteiger charge is 2.07. The van der Waals surface area contributed by atoms with E-state index in [1.54, 1.807) is 11.3 Å². The first-order valence-corrected chi connectivity index (χ1v) is 7.47. The lowest BCUT2D eigenvalue weighted by molar-refractivity contribution is 0.305. The van der Waals surface area contributed by atoms with Gasteiger partial charge in [-0.1, -0.05) is 35.9 Å². The van der Waals surface area contributed by atoms with Crippen molar-refractivity contribution in [3.8, 4) is 5.75 Å². The van der Waals surface area contributed by atoms with Gasteiger partial charge in [-0.15, -0.1) is 11.3 Å². The second-order valence-electron chi connectivity index (χ2n) is 4.32. The molecule has 2 aromatic carbocycles. The van der Waals surface area contributed by atoms with Crippen LogP contribution in [-0.2, 0) is 13.2 Å². The Balaban J connectivity index is 1.86. The lowest BCUT2D eigenvalue weighted by Crippen LogP contribution is -1.99. The fraction of sp³-hybridized carbons (Fsp3) is 0.133. The van der Waals surface area contributed by atoms with Crippen molar-refractivity contribution in [1.82, 2.24) is 4.98 Å². The van der Waals surface area contributed by atoms with Crippen LogP contribution < -0.4 is 10.5 Å². The van der Waals surface area contributed by atoms with E-state index in [2.05, 4.69) is 4.98 Å². The van der Waals surface area contributed by atoms with Crippen molar-refractivity contribution >= 4 is 33.7 Å². The van der Waals surface area contributed by atoms with Gasteiger partial charge in [0.25, 0.3) is 0 Å². The third-order valence-electron chi connectivity index (χ3n) is 2.98. The molecule has 0 amide bonds. The van der Waals surface area contributed by atoms with E-state index in [1.165, 1.54) is 0 Å². The van der Waals surface area contributed by atoms with Crippen LogP contribution in [0.15, 0.2) is 41.8 Å². The molecule has 0 aliphatic rings. The molecular formula is C15H13ClN2OS. The monoisotopic (exact) mass is 304 g/mol. The summed E-state index contributed by atoms with van der Waals surface area (Å²) in [6.45, 7) is 0.899. The van der Waals surface area contributed by atoms with Gasteiger partial charge in [-0.3, -0.25) is 0 Å². The molecule has 20 heavy (non-hydrogen) atoms. The zero-order valence-corrected chi connectivity index (χ0v) is 12.2. The predicted molar refractivity (Wildman–Crippen MR) is 83.3 cm³/mol. The Morgan fingerprint density at radius 2 is 1.95 bits per heavy atom. The van der Waals surface area contributed by atoms with Crippen molar-refractivity contribution in [3.05, 3.63) is 57.5 Å². The van der Waals surface area contributed by atoms with Crippen LogP contribution in [0.2, 0.25) is 5.02 Å². The molecule has 0 radical (unpaired) electrons. The second kappa shape index (κ2) is 5.79. The fourth-order valence-electron chi connectivity index (χ4n) is 2.02. The molecule has 102 valence electrons. The smallest absolute Gasteiger partial charge is 0.131 e. The molecule has 0 atom stereocenters. The molecule has 0 bridgehead atoms. The molecule has 0 saturated heterocycles. The highest BCUT2D eigenvalue weighted by Crippen LogP contribution is 2.31. The van der Waals surface area contributed by atoms with Crippen LogP contribution in [0.25, 0.3) is 10.8 Å². The number of nitrogens with zero attached hydrogens (tertiary/aromatic N) is 1. The van der Waals surface area contributed by atoms with Gasteiger partial charge in [-0.2, -0.15) is 0 Å². The van der Waals surface area contributed by atoms with Gasteiger partial charge in [0.05, 0.1) is 5.69 Å². The van der Waals surface area contributed by atoms with Crippen molar-refractivity contribution in [3.63, 3.8) is 0 Å². The van der Waals surface area contributed by atoms with Crippen LogP contribution in [0, 0.1) is 0 Å². The molecule has 0 spiro atoms. The van der Waals surface area contributed by atoms with Gasteiger partial charge in [0.2, 0.25) is 0 Å². The minimum atomic E-state index is 0.433. The summed E-state index contributed by atoms with van der Waals surface area (Å²) < 4.78 is 5.86. The van der Waals surface area contributed by atoms with Gasteiger partial charge < -0.3 is 10.5 Å². The maximum Gasteiger partial charge on any atom is 0.131 e. The first-order chi connectivity index (χ1) is 9.78. The second-order valence-corrected chi connectivity index (χ2v) is 5.67. The Morgan fingerprint density at radius 3 is 2.70 bits per heavy atom. The lowest BCUT2D eigenvalue weighted by atomic mass is 10.1. The molecule has 1 heterocycles. The number of hydrogen-bond acceptors (Lipinski definition) is 4. The van der Waals surface area contributed by atoms with Crippen molar-refractivity contribution < 1.29 is 4.74 Å². The third kappa shape index (κ3) is 2.63. The number of halogens is 1. The largest absolute Gasteiger partial charge is 0.487 e. The van der Waals surface area contributed by atoms with E-state index >= 15 is 0 Å². The van der Waals surface area contributed by atoms with Crippen LogP contribution >= 0.6 is 22.9 Å². The minimum Gasteiger partial charge on any atom is -0.487 e. The highest BCUT2D eigenvalue weighted by molar-refractivity contribution is 7.09. The van der Waals surface area contributed by atoms with Crippen LogP contribution in [0.3, 0.4) is 0 Å². The third-order valence-corrected chi connectivity index (χ3v) is 4.23. The van der Waals surface area contributed by atoms with Gasteiger partial charge in [0, 0.05) is 27.7 Å². The van der Waals surface area contributed by atoms with Gasteiger partial charge in [-0.25, -0.2) is 4.98 Å². The van der Waals surface area contributed by atoms with E-state index in [-0.39, 0.29) is 0 Å². The van der Waals surface area contributed by atoms with Gasteiger partial charge in [0.15, 0.2) is 0 Å². The van der Waals surface area contributed by atoms with Gasteiger partial charge in [-0.05, 0) is 12.1 Å². The average Bonchev–Trinajstić information content (AvgIpc) is 2.95. The number of hydrogen-bond donors (Lipinski definition) is 1. The number of thiazole rings is 1. The van der Waals surface area contributed by atoms with E-state index in [9.17, 15) is 0 Å². The SMILES string of the molecule is NCc1nc(COc2ccc(Cl)c3ccccc23)cs1. The Bertz CT molecular complexity index is 742. The first-order valence-electron chi connectivity index (χ1n) is 6.21. The highest BCUT2D eigenvalue weighted by atomic mass is 35.5. The maximum atomic E-state index is 6.19. The Labute approximate surface area is 126 Å². The topological polar surface area (TPSA) is 48.1 Å². The number of ether oxygens (including phenoxy) is 1. The molecule has 0 fully saturated rings. The van der Waals surface area contributed by atoms with Crippen LogP contribution in [-0.4, -0.2) is 4.98 Å². The quantitative estimate of drug-likeness (QED) is 0.793. The Kier molecular flexibility index (Phi) is 3.87. The summed E-state index contributed by atoms with van der Waals surface area (Å²) in [5.74, 6) is 0.812. The molecular weight excluding hydrogens is 292 g/mol. The normalized spacial score (nSPS) is 10.9. The summed E-state index contributed by atoms with van der Waals surface area (Å²) in [4.78, 5) is 4.38. The molecule has 2 N–H and O–H groups in total. The molecule has 5 heteroatoms. The summed E-state index contributed by atoms with van der Waals surface area (Å²) >= 11 is 7.74. The number of rotatable bonds is 4. The van der Waals surface area contributed by atoms with Crippen molar-refractivity contribution in [1.29, 1.82) is 0 Å². The van der Waals surface area contributed by atoms with Crippen molar-refractivity contribution in [2.24, 2.45) is 5.73 Å². The zero-order chi connectivity index (χ0) is 13.9. The van der Waals surface area contributed by atoms with Crippen LogP contribution in [0.5, 0.6) is 5.75 Å². The molecule has 1 aromatic heterocycles. The molecule has 3 nitrogen and oxygen atoms in total. The summed E-state index contributed by atoms with van der Waals surface area (Å²) in [5, 5.41) is 5.62. The summed E-state index contributed by atoms with van der Waals surface area (Å²) in [5.41, 5.74) is 6.45. The molecule has 0 aliphatic heterocycles. The standard InChI is InChI=1S/C15H13ClN2OS/c16-13-5-6-14(12-4-2-1-3-11(12)13)19-8-10-9-20-15(7-17)18-10/h1-6,9H,7-8,17H2. The Hall–Kier alpha value is -1.62. The van der Waals surface area contributed by atoms with Crippen LogP contribution in [0.4, 0.5) is 0 Å². The number of fused-ring (bicyclic) bond motifs is 1. The molecule has 3 aromatic rings. The van der Waals surface area contributed by atoms with E-state index < -0.39 is 0 Å². The molecule has 0 saturated carbocycles. The summed E-state index contributed by atoms with van der Waals surface area (Å²) in [6.07, 6.45) is 0. The van der Waals surface area contributed by atoms with E-state index in [0.717, 1.165) is 32.2 Å². The summed E-state index contributed by atoms with van der Waals surface area (Å²) in [7, 11) is 0. The first kappa shape index (κ1) is 13.4.